The van der Waals surface area contributed by atoms with Gasteiger partial charge in [0.2, 0.25) is 0 Å². The van der Waals surface area contributed by atoms with Crippen molar-refractivity contribution in [3.8, 4) is 0 Å². The van der Waals surface area contributed by atoms with Crippen LogP contribution in [0.15, 0.2) is 0 Å². The third-order valence-electron chi connectivity index (χ3n) is 1.74. The highest BCUT2D eigenvalue weighted by Gasteiger charge is 2.40. The molecule has 2 heteroatoms. The summed E-state index contributed by atoms with van der Waals surface area (Å²) in [6.45, 7) is 0. The van der Waals surface area contributed by atoms with Crippen LogP contribution in [-0.2, 0) is 0 Å². The van der Waals surface area contributed by atoms with E-state index >= 15 is 0 Å². The van der Waals surface area contributed by atoms with Crippen LogP contribution in [0, 0.1) is 5.41 Å². The molecular formula is C6H12S2. The first-order valence-electron chi connectivity index (χ1n) is 2.93. The quantitative estimate of drug-likeness (QED) is 0.598. The predicted molar refractivity (Wildman–Crippen MR) is 43.9 cm³/mol. The fourth-order valence-electron chi connectivity index (χ4n) is 0.831. The highest BCUT2D eigenvalue weighted by molar-refractivity contribution is 7.98. The summed E-state index contributed by atoms with van der Waals surface area (Å²) in [5.41, 5.74) is 0.669. The van der Waals surface area contributed by atoms with Gasteiger partial charge < -0.3 is 0 Å². The second kappa shape index (κ2) is 2.53. The SMILES string of the molecule is CSCC1(CS)CC1. The van der Waals surface area contributed by atoms with Gasteiger partial charge in [-0.1, -0.05) is 0 Å². The zero-order chi connectivity index (χ0) is 6.04. The summed E-state index contributed by atoms with van der Waals surface area (Å²) in [5.74, 6) is 2.41. The molecule has 1 rings (SSSR count). The second-order valence-electron chi connectivity index (χ2n) is 2.59. The van der Waals surface area contributed by atoms with Crippen LogP contribution in [0.5, 0.6) is 0 Å². The first kappa shape index (κ1) is 6.81. The third kappa shape index (κ3) is 1.35. The van der Waals surface area contributed by atoms with E-state index in [0.29, 0.717) is 5.41 Å². The van der Waals surface area contributed by atoms with Crippen molar-refractivity contribution in [3.63, 3.8) is 0 Å². The summed E-state index contributed by atoms with van der Waals surface area (Å²) in [6.07, 6.45) is 5.00. The van der Waals surface area contributed by atoms with Gasteiger partial charge in [0, 0.05) is 0 Å². The molecule has 8 heavy (non-hydrogen) atoms. The van der Waals surface area contributed by atoms with Crippen LogP contribution in [0.4, 0.5) is 0 Å². The van der Waals surface area contributed by atoms with Crippen LogP contribution in [0.25, 0.3) is 0 Å². The van der Waals surface area contributed by atoms with Crippen LogP contribution < -0.4 is 0 Å². The molecule has 48 valence electrons. The fourth-order valence-corrected chi connectivity index (χ4v) is 2.41. The monoisotopic (exact) mass is 148 g/mol. The maximum absolute atomic E-state index is 4.28. The van der Waals surface area contributed by atoms with Crippen molar-refractivity contribution in [1.29, 1.82) is 0 Å². The number of hydrogen-bond donors (Lipinski definition) is 1. The molecule has 0 heterocycles. The van der Waals surface area contributed by atoms with E-state index in [0.717, 1.165) is 5.75 Å². The van der Waals surface area contributed by atoms with E-state index in [2.05, 4.69) is 18.9 Å². The first-order chi connectivity index (χ1) is 3.83. The smallest absolute Gasteiger partial charge is 0.000576 e. The molecule has 0 radical (unpaired) electrons. The molecule has 1 aliphatic carbocycles. The maximum atomic E-state index is 4.28. The molecule has 0 amide bonds. The van der Waals surface area contributed by atoms with Gasteiger partial charge in [-0.2, -0.15) is 24.4 Å². The Labute approximate surface area is 60.8 Å². The standard InChI is InChI=1S/C6H12S2/c1-8-5-6(4-7)2-3-6/h7H,2-5H2,1H3. The minimum atomic E-state index is 0.669. The minimum Gasteiger partial charge on any atom is -0.179 e. The molecule has 0 aliphatic heterocycles. The third-order valence-corrected chi connectivity index (χ3v) is 3.31. The van der Waals surface area contributed by atoms with E-state index in [9.17, 15) is 0 Å². The first-order valence-corrected chi connectivity index (χ1v) is 4.95. The van der Waals surface area contributed by atoms with Crippen LogP contribution in [0.1, 0.15) is 12.8 Å². The second-order valence-corrected chi connectivity index (χ2v) is 3.77. The normalized spacial score (nSPS) is 23.2. The Morgan fingerprint density at radius 2 is 2.25 bits per heavy atom. The van der Waals surface area contributed by atoms with Gasteiger partial charge >= 0.3 is 0 Å². The number of rotatable bonds is 3. The van der Waals surface area contributed by atoms with Gasteiger partial charge in [0.05, 0.1) is 0 Å². The fraction of sp³-hybridized carbons (Fsp3) is 1.00. The van der Waals surface area contributed by atoms with Crippen molar-refractivity contribution in [1.82, 2.24) is 0 Å². The minimum absolute atomic E-state index is 0.669. The number of thiol groups is 1. The summed E-state index contributed by atoms with van der Waals surface area (Å²) >= 11 is 6.23. The molecule has 0 nitrogen and oxygen atoms in total. The number of thioether (sulfide) groups is 1. The Morgan fingerprint density at radius 1 is 1.62 bits per heavy atom. The zero-order valence-corrected chi connectivity index (χ0v) is 6.89. The molecule has 0 aromatic carbocycles. The highest BCUT2D eigenvalue weighted by atomic mass is 32.2. The van der Waals surface area contributed by atoms with Gasteiger partial charge in [-0.05, 0) is 36.0 Å². The van der Waals surface area contributed by atoms with E-state index in [1.165, 1.54) is 18.6 Å². The number of hydrogen-bond acceptors (Lipinski definition) is 2. The van der Waals surface area contributed by atoms with E-state index in [1.54, 1.807) is 0 Å². The van der Waals surface area contributed by atoms with Gasteiger partial charge in [-0.15, -0.1) is 0 Å². The molecule has 0 aromatic heterocycles. The molecule has 1 saturated carbocycles. The molecule has 0 saturated heterocycles. The zero-order valence-electron chi connectivity index (χ0n) is 5.18. The van der Waals surface area contributed by atoms with Crippen molar-refractivity contribution in [2.45, 2.75) is 12.8 Å². The molecule has 0 spiro atoms. The molecule has 0 unspecified atom stereocenters. The summed E-state index contributed by atoms with van der Waals surface area (Å²) < 4.78 is 0. The van der Waals surface area contributed by atoms with E-state index in [4.69, 9.17) is 0 Å². The topological polar surface area (TPSA) is 0 Å². The highest BCUT2D eigenvalue weighted by Crippen LogP contribution is 2.48. The Balaban J connectivity index is 2.20. The molecule has 0 N–H and O–H groups in total. The van der Waals surface area contributed by atoms with E-state index in [-0.39, 0.29) is 0 Å². The summed E-state index contributed by atoms with van der Waals surface area (Å²) in [5, 5.41) is 0. The molecule has 0 aromatic rings. The lowest BCUT2D eigenvalue weighted by atomic mass is 10.2. The molecule has 0 atom stereocenters. The van der Waals surface area contributed by atoms with Crippen molar-refractivity contribution in [3.05, 3.63) is 0 Å². The van der Waals surface area contributed by atoms with Crippen molar-refractivity contribution in [2.75, 3.05) is 17.8 Å². The average molecular weight is 148 g/mol. The van der Waals surface area contributed by atoms with Crippen molar-refractivity contribution >= 4 is 24.4 Å². The summed E-state index contributed by atoms with van der Waals surface area (Å²) in [6, 6.07) is 0. The van der Waals surface area contributed by atoms with Crippen LogP contribution in [-0.4, -0.2) is 17.8 Å². The summed E-state index contributed by atoms with van der Waals surface area (Å²) in [7, 11) is 0. The van der Waals surface area contributed by atoms with Crippen LogP contribution in [0.3, 0.4) is 0 Å². The van der Waals surface area contributed by atoms with E-state index < -0.39 is 0 Å². The van der Waals surface area contributed by atoms with Crippen molar-refractivity contribution in [2.24, 2.45) is 5.41 Å². The van der Waals surface area contributed by atoms with Gasteiger partial charge in [-0.3, -0.25) is 0 Å². The van der Waals surface area contributed by atoms with Gasteiger partial charge in [0.1, 0.15) is 0 Å². The van der Waals surface area contributed by atoms with Crippen LogP contribution >= 0.6 is 24.4 Å². The molecule has 1 fully saturated rings. The Bertz CT molecular complexity index is 76.6. The van der Waals surface area contributed by atoms with Crippen LogP contribution in [0.2, 0.25) is 0 Å². The van der Waals surface area contributed by atoms with Gasteiger partial charge in [0.15, 0.2) is 0 Å². The Hall–Kier alpha value is 0.700. The average Bonchev–Trinajstić information content (AvgIpc) is 2.50. The van der Waals surface area contributed by atoms with Gasteiger partial charge in [-0.25, -0.2) is 0 Å². The predicted octanol–water partition coefficient (Wildman–Crippen LogP) is 2.06. The molecular weight excluding hydrogens is 136 g/mol. The molecule has 1 aliphatic rings. The lowest BCUT2D eigenvalue weighted by Crippen LogP contribution is -2.04. The Morgan fingerprint density at radius 3 is 2.38 bits per heavy atom. The van der Waals surface area contributed by atoms with Gasteiger partial charge in [0.25, 0.3) is 0 Å². The Kier molecular flexibility index (Phi) is 2.15. The lowest BCUT2D eigenvalue weighted by Gasteiger charge is -2.06. The largest absolute Gasteiger partial charge is 0.179 e. The van der Waals surface area contributed by atoms with Crippen molar-refractivity contribution < 1.29 is 0 Å². The maximum Gasteiger partial charge on any atom is -0.000576 e. The lowest BCUT2D eigenvalue weighted by molar-refractivity contribution is 0.684. The van der Waals surface area contributed by atoms with E-state index in [1.807, 2.05) is 11.8 Å². The summed E-state index contributed by atoms with van der Waals surface area (Å²) in [4.78, 5) is 0. The molecule has 0 bridgehead atoms.